The van der Waals surface area contributed by atoms with Crippen LogP contribution >= 0.6 is 0 Å². The third-order valence-electron chi connectivity index (χ3n) is 2.38. The Morgan fingerprint density at radius 1 is 1.06 bits per heavy atom. The zero-order valence-corrected chi connectivity index (χ0v) is 10.3. The first kappa shape index (κ1) is 10.7. The molecule has 0 saturated heterocycles. The number of hydrogen-bond donors (Lipinski definition) is 0. The molecule has 0 unspecified atom stereocenters. The van der Waals surface area contributed by atoms with Crippen molar-refractivity contribution in [3.63, 3.8) is 0 Å². The molecule has 2 aromatic heterocycles. The van der Waals surface area contributed by atoms with E-state index in [0.29, 0.717) is 5.95 Å². The maximum atomic E-state index is 4.50. The fourth-order valence-corrected chi connectivity index (χ4v) is 1.54. The highest BCUT2D eigenvalue weighted by atomic mass is 15.3. The summed E-state index contributed by atoms with van der Waals surface area (Å²) in [4.78, 5) is 12.8. The van der Waals surface area contributed by atoms with Crippen molar-refractivity contribution >= 4 is 22.8 Å². The number of rotatable bonds is 2. The second kappa shape index (κ2) is 3.62. The summed E-state index contributed by atoms with van der Waals surface area (Å²) in [6.45, 7) is 0. The van der Waals surface area contributed by atoms with Gasteiger partial charge < -0.3 is 9.80 Å². The molecular formula is C10H16N6. The van der Waals surface area contributed by atoms with E-state index in [-0.39, 0.29) is 0 Å². The van der Waals surface area contributed by atoms with Gasteiger partial charge in [0.2, 0.25) is 5.95 Å². The van der Waals surface area contributed by atoms with Gasteiger partial charge in [0, 0.05) is 35.2 Å². The lowest BCUT2D eigenvalue weighted by atomic mass is 10.4. The monoisotopic (exact) mass is 220 g/mol. The lowest BCUT2D eigenvalue weighted by Crippen LogP contribution is -2.17. The summed E-state index contributed by atoms with van der Waals surface area (Å²) >= 11 is 0. The summed E-state index contributed by atoms with van der Waals surface area (Å²) in [5.41, 5.74) is 0.849. The summed E-state index contributed by atoms with van der Waals surface area (Å²) in [7, 11) is 9.67. The van der Waals surface area contributed by atoms with Crippen LogP contribution in [0.1, 0.15) is 0 Å². The molecule has 0 aromatic carbocycles. The highest BCUT2D eigenvalue weighted by Crippen LogP contribution is 2.23. The van der Waals surface area contributed by atoms with Gasteiger partial charge in [-0.1, -0.05) is 0 Å². The SMILES string of the molecule is CN(C)c1nc(N(C)C)c2cnn(C)c2n1. The number of aromatic nitrogens is 4. The van der Waals surface area contributed by atoms with Gasteiger partial charge in [0.1, 0.15) is 5.82 Å². The van der Waals surface area contributed by atoms with Gasteiger partial charge in [0.05, 0.1) is 11.6 Å². The van der Waals surface area contributed by atoms with Gasteiger partial charge in [0.15, 0.2) is 5.65 Å². The minimum Gasteiger partial charge on any atom is -0.362 e. The lowest BCUT2D eigenvalue weighted by molar-refractivity contribution is 0.784. The van der Waals surface area contributed by atoms with Crippen molar-refractivity contribution in [3.8, 4) is 0 Å². The maximum Gasteiger partial charge on any atom is 0.228 e. The van der Waals surface area contributed by atoms with Crippen LogP contribution in [-0.4, -0.2) is 47.9 Å². The number of fused-ring (bicyclic) bond motifs is 1. The normalized spacial score (nSPS) is 10.8. The quantitative estimate of drug-likeness (QED) is 0.737. The lowest BCUT2D eigenvalue weighted by Gasteiger charge is -2.16. The van der Waals surface area contributed by atoms with Crippen molar-refractivity contribution in [1.82, 2.24) is 19.7 Å². The van der Waals surface area contributed by atoms with Gasteiger partial charge in [-0.2, -0.15) is 15.1 Å². The van der Waals surface area contributed by atoms with Gasteiger partial charge >= 0.3 is 0 Å². The first-order chi connectivity index (χ1) is 7.50. The fraction of sp³-hybridized carbons (Fsp3) is 0.500. The van der Waals surface area contributed by atoms with Crippen LogP contribution in [-0.2, 0) is 7.05 Å². The molecule has 2 heterocycles. The second-order valence-electron chi connectivity index (χ2n) is 4.14. The number of nitrogens with zero attached hydrogens (tertiary/aromatic N) is 6. The van der Waals surface area contributed by atoms with E-state index in [1.807, 2.05) is 45.0 Å². The third-order valence-corrected chi connectivity index (χ3v) is 2.38. The Hall–Kier alpha value is -1.85. The van der Waals surface area contributed by atoms with Crippen LogP contribution in [0.2, 0.25) is 0 Å². The van der Waals surface area contributed by atoms with Crippen LogP contribution in [0.25, 0.3) is 11.0 Å². The Balaban J connectivity index is 2.75. The molecule has 6 nitrogen and oxygen atoms in total. The van der Waals surface area contributed by atoms with Gasteiger partial charge in [-0.3, -0.25) is 4.68 Å². The molecule has 0 N–H and O–H groups in total. The van der Waals surface area contributed by atoms with Crippen LogP contribution < -0.4 is 9.80 Å². The number of hydrogen-bond acceptors (Lipinski definition) is 5. The Bertz CT molecular complexity index is 513. The molecule has 6 heteroatoms. The number of aryl methyl sites for hydroxylation is 1. The minimum absolute atomic E-state index is 0.694. The average Bonchev–Trinajstić information content (AvgIpc) is 2.59. The zero-order valence-electron chi connectivity index (χ0n) is 10.3. The zero-order chi connectivity index (χ0) is 11.9. The first-order valence-corrected chi connectivity index (χ1v) is 5.05. The topological polar surface area (TPSA) is 50.1 Å². The summed E-state index contributed by atoms with van der Waals surface area (Å²) in [6, 6.07) is 0. The molecule has 0 amide bonds. The van der Waals surface area contributed by atoms with Crippen molar-refractivity contribution in [3.05, 3.63) is 6.20 Å². The van der Waals surface area contributed by atoms with E-state index < -0.39 is 0 Å². The van der Waals surface area contributed by atoms with E-state index in [4.69, 9.17) is 0 Å². The van der Waals surface area contributed by atoms with Crippen LogP contribution in [0, 0.1) is 0 Å². The molecule has 0 aliphatic rings. The van der Waals surface area contributed by atoms with Gasteiger partial charge in [-0.25, -0.2) is 0 Å². The van der Waals surface area contributed by atoms with E-state index >= 15 is 0 Å². The molecule has 86 valence electrons. The van der Waals surface area contributed by atoms with Crippen molar-refractivity contribution in [2.24, 2.45) is 7.05 Å². The van der Waals surface area contributed by atoms with Crippen LogP contribution in [0.15, 0.2) is 6.20 Å². The molecule has 0 atom stereocenters. The molecule has 0 bridgehead atoms. The summed E-state index contributed by atoms with van der Waals surface area (Å²) < 4.78 is 1.76. The molecule has 2 rings (SSSR count). The molecule has 0 radical (unpaired) electrons. The minimum atomic E-state index is 0.694. The Morgan fingerprint density at radius 3 is 2.31 bits per heavy atom. The van der Waals surface area contributed by atoms with Crippen molar-refractivity contribution in [2.75, 3.05) is 38.0 Å². The van der Waals surface area contributed by atoms with Crippen LogP contribution in [0.5, 0.6) is 0 Å². The van der Waals surface area contributed by atoms with E-state index in [9.17, 15) is 0 Å². The van der Waals surface area contributed by atoms with E-state index in [0.717, 1.165) is 16.9 Å². The highest BCUT2D eigenvalue weighted by molar-refractivity contribution is 5.87. The van der Waals surface area contributed by atoms with Crippen molar-refractivity contribution < 1.29 is 0 Å². The van der Waals surface area contributed by atoms with Crippen molar-refractivity contribution in [2.45, 2.75) is 0 Å². The molecule has 0 aliphatic heterocycles. The molecule has 0 aliphatic carbocycles. The van der Waals surface area contributed by atoms with E-state index in [1.54, 1.807) is 10.9 Å². The smallest absolute Gasteiger partial charge is 0.228 e. The Morgan fingerprint density at radius 2 is 1.75 bits per heavy atom. The van der Waals surface area contributed by atoms with Gasteiger partial charge in [-0.15, -0.1) is 0 Å². The predicted octanol–water partition coefficient (Wildman–Crippen LogP) is 0.495. The molecule has 2 aromatic rings. The maximum absolute atomic E-state index is 4.50. The Kier molecular flexibility index (Phi) is 2.41. The fourth-order valence-electron chi connectivity index (χ4n) is 1.54. The highest BCUT2D eigenvalue weighted by Gasteiger charge is 2.13. The summed E-state index contributed by atoms with van der Waals surface area (Å²) in [6.07, 6.45) is 1.80. The molecule has 0 spiro atoms. The molecule has 0 saturated carbocycles. The van der Waals surface area contributed by atoms with Crippen LogP contribution in [0.3, 0.4) is 0 Å². The standard InChI is InChI=1S/C10H16N6/c1-14(2)8-7-6-11-16(5)9(7)13-10(12-8)15(3)4/h6H,1-5H3. The largest absolute Gasteiger partial charge is 0.362 e. The predicted molar refractivity (Wildman–Crippen MR) is 65.0 cm³/mol. The molecule has 16 heavy (non-hydrogen) atoms. The van der Waals surface area contributed by atoms with Gasteiger partial charge in [-0.05, 0) is 0 Å². The third kappa shape index (κ3) is 1.56. The van der Waals surface area contributed by atoms with Gasteiger partial charge in [0.25, 0.3) is 0 Å². The molecular weight excluding hydrogens is 204 g/mol. The van der Waals surface area contributed by atoms with E-state index in [1.165, 1.54) is 0 Å². The average molecular weight is 220 g/mol. The number of anilines is 2. The first-order valence-electron chi connectivity index (χ1n) is 5.05. The van der Waals surface area contributed by atoms with Crippen molar-refractivity contribution in [1.29, 1.82) is 0 Å². The van der Waals surface area contributed by atoms with E-state index in [2.05, 4.69) is 15.1 Å². The van der Waals surface area contributed by atoms with Crippen LogP contribution in [0.4, 0.5) is 11.8 Å². The Labute approximate surface area is 94.5 Å². The summed E-state index contributed by atoms with van der Waals surface area (Å²) in [5, 5.41) is 5.18. The summed E-state index contributed by atoms with van der Waals surface area (Å²) in [5.74, 6) is 1.58. The molecule has 0 fully saturated rings. The second-order valence-corrected chi connectivity index (χ2v) is 4.14.